The van der Waals surface area contributed by atoms with Gasteiger partial charge in [-0.05, 0) is 26.3 Å². The molecule has 2 fully saturated rings. The maximum absolute atomic E-state index is 6.01. The van der Waals surface area contributed by atoms with Gasteiger partial charge in [0.2, 0.25) is 5.89 Å². The van der Waals surface area contributed by atoms with Crippen molar-refractivity contribution in [3.05, 3.63) is 17.8 Å². The van der Waals surface area contributed by atoms with Gasteiger partial charge in [-0.25, -0.2) is 9.98 Å². The molecule has 0 aromatic carbocycles. The van der Waals surface area contributed by atoms with Crippen molar-refractivity contribution < 1.29 is 9.15 Å². The van der Waals surface area contributed by atoms with Crippen LogP contribution in [0.3, 0.4) is 0 Å². The Kier molecular flexibility index (Phi) is 6.19. The zero-order chi connectivity index (χ0) is 18.6. The van der Waals surface area contributed by atoms with Gasteiger partial charge in [-0.3, -0.25) is 4.90 Å². The van der Waals surface area contributed by atoms with Crippen molar-refractivity contribution >= 4 is 5.96 Å². The van der Waals surface area contributed by atoms with E-state index in [2.05, 4.69) is 53.2 Å². The van der Waals surface area contributed by atoms with E-state index < -0.39 is 0 Å². The summed E-state index contributed by atoms with van der Waals surface area (Å²) >= 11 is 0. The Morgan fingerprint density at radius 3 is 2.96 bits per heavy atom. The van der Waals surface area contributed by atoms with Gasteiger partial charge in [0.25, 0.3) is 0 Å². The summed E-state index contributed by atoms with van der Waals surface area (Å²) in [6.07, 6.45) is 4.58. The molecule has 146 valence electrons. The van der Waals surface area contributed by atoms with Crippen LogP contribution in [0.2, 0.25) is 0 Å². The number of oxazole rings is 1. The second kappa shape index (κ2) is 8.39. The van der Waals surface area contributed by atoms with Gasteiger partial charge < -0.3 is 19.8 Å². The molecule has 7 heteroatoms. The topological polar surface area (TPSA) is 74.9 Å². The summed E-state index contributed by atoms with van der Waals surface area (Å²) in [5.41, 5.74) is -0.0382. The van der Waals surface area contributed by atoms with E-state index in [-0.39, 0.29) is 11.5 Å². The minimum absolute atomic E-state index is 0.0382. The summed E-state index contributed by atoms with van der Waals surface area (Å²) < 4.78 is 11.8. The number of hydrogen-bond donors (Lipinski definition) is 2. The van der Waals surface area contributed by atoms with Gasteiger partial charge in [-0.1, -0.05) is 20.8 Å². The molecule has 1 aromatic heterocycles. The fraction of sp³-hybridized carbons (Fsp3) is 0.789. The monoisotopic (exact) mass is 363 g/mol. The van der Waals surface area contributed by atoms with Crippen molar-refractivity contribution in [1.82, 2.24) is 20.5 Å². The molecule has 2 unspecified atom stereocenters. The number of aliphatic imine (C=N–C) groups is 1. The van der Waals surface area contributed by atoms with E-state index >= 15 is 0 Å². The lowest BCUT2D eigenvalue weighted by atomic mass is 9.94. The SMILES string of the molecule is CCNC(=NCc1ncc(C(C)(C)C)o1)NCC1CN2CCCC2CO1. The average Bonchev–Trinajstić information content (AvgIpc) is 3.25. The zero-order valence-corrected chi connectivity index (χ0v) is 16.5. The average molecular weight is 364 g/mol. The van der Waals surface area contributed by atoms with E-state index in [1.807, 2.05) is 0 Å². The molecule has 0 amide bonds. The van der Waals surface area contributed by atoms with Gasteiger partial charge in [-0.2, -0.15) is 0 Å². The number of fused-ring (bicyclic) bond motifs is 1. The number of nitrogens with one attached hydrogen (secondary N) is 2. The Morgan fingerprint density at radius 2 is 2.23 bits per heavy atom. The summed E-state index contributed by atoms with van der Waals surface area (Å²) in [6, 6.07) is 0.634. The second-order valence-corrected chi connectivity index (χ2v) is 8.19. The predicted molar refractivity (Wildman–Crippen MR) is 102 cm³/mol. The van der Waals surface area contributed by atoms with Crippen molar-refractivity contribution in [2.75, 3.05) is 32.8 Å². The standard InChI is InChI=1S/C19H33N5O2/c1-5-20-18(23-11-17-21-10-16(26-17)19(2,3)4)22-9-15-12-24-8-6-7-14(24)13-25-15/h10,14-15H,5-9,11-13H2,1-4H3,(H2,20,22,23). The summed E-state index contributed by atoms with van der Waals surface area (Å²) in [4.78, 5) is 11.5. The van der Waals surface area contributed by atoms with Crippen LogP contribution in [0.4, 0.5) is 0 Å². The van der Waals surface area contributed by atoms with Crippen molar-refractivity contribution in [1.29, 1.82) is 0 Å². The largest absolute Gasteiger partial charge is 0.443 e. The number of guanidine groups is 1. The molecule has 3 heterocycles. The molecule has 26 heavy (non-hydrogen) atoms. The zero-order valence-electron chi connectivity index (χ0n) is 16.5. The van der Waals surface area contributed by atoms with Gasteiger partial charge in [0.1, 0.15) is 12.3 Å². The Balaban J connectivity index is 1.51. The summed E-state index contributed by atoms with van der Waals surface area (Å²) in [5.74, 6) is 2.30. The first-order valence-electron chi connectivity index (χ1n) is 9.78. The summed E-state index contributed by atoms with van der Waals surface area (Å²) in [6.45, 7) is 13.5. The van der Waals surface area contributed by atoms with Crippen LogP contribution in [0.25, 0.3) is 0 Å². The third-order valence-corrected chi connectivity index (χ3v) is 4.97. The minimum atomic E-state index is -0.0382. The predicted octanol–water partition coefficient (Wildman–Crippen LogP) is 1.89. The summed E-state index contributed by atoms with van der Waals surface area (Å²) in [7, 11) is 0. The molecule has 0 radical (unpaired) electrons. The van der Waals surface area contributed by atoms with E-state index in [1.54, 1.807) is 6.20 Å². The molecule has 2 saturated heterocycles. The lowest BCUT2D eigenvalue weighted by Gasteiger charge is -2.35. The first-order chi connectivity index (χ1) is 12.5. The molecule has 3 rings (SSSR count). The maximum atomic E-state index is 6.01. The highest BCUT2D eigenvalue weighted by Crippen LogP contribution is 2.23. The van der Waals surface area contributed by atoms with Gasteiger partial charge in [-0.15, -0.1) is 0 Å². The maximum Gasteiger partial charge on any atom is 0.216 e. The van der Waals surface area contributed by atoms with Gasteiger partial charge >= 0.3 is 0 Å². The molecule has 0 spiro atoms. The van der Waals surface area contributed by atoms with Crippen LogP contribution in [0.5, 0.6) is 0 Å². The molecule has 2 N–H and O–H groups in total. The fourth-order valence-corrected chi connectivity index (χ4v) is 3.44. The highest BCUT2D eigenvalue weighted by Gasteiger charge is 2.32. The van der Waals surface area contributed by atoms with Crippen LogP contribution < -0.4 is 10.6 Å². The quantitative estimate of drug-likeness (QED) is 0.615. The minimum Gasteiger partial charge on any atom is -0.443 e. The molecule has 2 aliphatic heterocycles. The Hall–Kier alpha value is -1.60. The van der Waals surface area contributed by atoms with Crippen LogP contribution in [-0.4, -0.2) is 60.8 Å². The molecule has 0 bridgehead atoms. The van der Waals surface area contributed by atoms with Crippen LogP contribution in [0, 0.1) is 0 Å². The number of hydrogen-bond acceptors (Lipinski definition) is 5. The number of morpholine rings is 1. The molecule has 7 nitrogen and oxygen atoms in total. The van der Waals surface area contributed by atoms with E-state index in [0.29, 0.717) is 18.5 Å². The van der Waals surface area contributed by atoms with Crippen molar-refractivity contribution in [3.63, 3.8) is 0 Å². The third-order valence-electron chi connectivity index (χ3n) is 4.97. The number of rotatable bonds is 5. The van der Waals surface area contributed by atoms with Crippen LogP contribution in [0.1, 0.15) is 52.2 Å². The first-order valence-corrected chi connectivity index (χ1v) is 9.78. The smallest absolute Gasteiger partial charge is 0.216 e. The lowest BCUT2D eigenvalue weighted by molar-refractivity contribution is -0.0453. The number of aromatic nitrogens is 1. The van der Waals surface area contributed by atoms with Crippen molar-refractivity contribution in [2.45, 2.75) is 64.6 Å². The highest BCUT2D eigenvalue weighted by molar-refractivity contribution is 5.79. The van der Waals surface area contributed by atoms with Gasteiger partial charge in [0.15, 0.2) is 5.96 Å². The first kappa shape index (κ1) is 19.2. The van der Waals surface area contributed by atoms with E-state index in [4.69, 9.17) is 9.15 Å². The molecule has 2 atom stereocenters. The molecule has 1 aromatic rings. The molecular weight excluding hydrogens is 330 g/mol. The van der Waals surface area contributed by atoms with E-state index in [9.17, 15) is 0 Å². The lowest BCUT2D eigenvalue weighted by Crippen LogP contribution is -2.51. The van der Waals surface area contributed by atoms with Crippen LogP contribution in [-0.2, 0) is 16.7 Å². The Morgan fingerprint density at radius 1 is 1.38 bits per heavy atom. The fourth-order valence-electron chi connectivity index (χ4n) is 3.44. The van der Waals surface area contributed by atoms with Gasteiger partial charge in [0.05, 0.1) is 18.9 Å². The van der Waals surface area contributed by atoms with Crippen LogP contribution >= 0.6 is 0 Å². The van der Waals surface area contributed by atoms with Crippen LogP contribution in [0.15, 0.2) is 15.6 Å². The van der Waals surface area contributed by atoms with E-state index in [0.717, 1.165) is 38.0 Å². The molecular formula is C19H33N5O2. The summed E-state index contributed by atoms with van der Waals surface area (Å²) in [5, 5.41) is 6.67. The van der Waals surface area contributed by atoms with E-state index in [1.165, 1.54) is 19.4 Å². The second-order valence-electron chi connectivity index (χ2n) is 8.19. The molecule has 0 saturated carbocycles. The molecule has 0 aliphatic carbocycles. The number of ether oxygens (including phenoxy) is 1. The molecule has 2 aliphatic rings. The normalized spacial score (nSPS) is 24.5. The van der Waals surface area contributed by atoms with Crippen molar-refractivity contribution in [3.8, 4) is 0 Å². The van der Waals surface area contributed by atoms with Crippen molar-refractivity contribution in [2.24, 2.45) is 4.99 Å². The van der Waals surface area contributed by atoms with Gasteiger partial charge in [0, 0.05) is 31.1 Å². The number of nitrogens with zero attached hydrogens (tertiary/aromatic N) is 3. The Labute approximate surface area is 156 Å². The highest BCUT2D eigenvalue weighted by atomic mass is 16.5. The third kappa shape index (κ3) is 4.98. The Bertz CT molecular complexity index is 607.